The first-order valence-electron chi connectivity index (χ1n) is 16.2. The lowest BCUT2D eigenvalue weighted by atomic mass is 9.64. The fourth-order valence-electron chi connectivity index (χ4n) is 7.34. The minimum absolute atomic E-state index is 0.0681. The Kier molecular flexibility index (Phi) is 7.62. The molecule has 0 aromatic heterocycles. The van der Waals surface area contributed by atoms with Crippen molar-refractivity contribution in [2.45, 2.75) is 35.8 Å². The zero-order valence-corrected chi connectivity index (χ0v) is 27.5. The highest BCUT2D eigenvalue weighted by Gasteiger charge is 2.67. The molecule has 3 atom stereocenters. The summed E-state index contributed by atoms with van der Waals surface area (Å²) in [6, 6.07) is 46.8. The predicted molar refractivity (Wildman–Crippen MR) is 191 cm³/mol. The van der Waals surface area contributed by atoms with Crippen molar-refractivity contribution in [2.24, 2.45) is 4.40 Å². The number of rotatable bonds is 7. The van der Waals surface area contributed by atoms with E-state index in [1.54, 1.807) is 24.3 Å². The van der Waals surface area contributed by atoms with Gasteiger partial charge in [-0.3, -0.25) is 9.63 Å². The number of hydrogen-bond acceptors (Lipinski definition) is 4. The van der Waals surface area contributed by atoms with Crippen LogP contribution >= 0.6 is 0 Å². The van der Waals surface area contributed by atoms with E-state index in [9.17, 15) is 8.42 Å². The van der Waals surface area contributed by atoms with Crippen molar-refractivity contribution in [3.8, 4) is 0 Å². The zero-order chi connectivity index (χ0) is 33.6. The number of amidine groups is 1. The van der Waals surface area contributed by atoms with Gasteiger partial charge in [0.1, 0.15) is 18.5 Å². The van der Waals surface area contributed by atoms with Gasteiger partial charge in [-0.25, -0.2) is 5.06 Å². The second-order valence-corrected chi connectivity index (χ2v) is 14.1. The summed E-state index contributed by atoms with van der Waals surface area (Å²) in [4.78, 5) is 21.8. The van der Waals surface area contributed by atoms with Crippen LogP contribution in [0.25, 0.3) is 10.8 Å². The fourth-order valence-corrected chi connectivity index (χ4v) is 8.36. The van der Waals surface area contributed by atoms with Gasteiger partial charge in [0, 0.05) is 5.69 Å². The first-order valence-corrected chi connectivity index (χ1v) is 17.6. The van der Waals surface area contributed by atoms with Crippen LogP contribution in [0.4, 0.5) is 5.69 Å². The van der Waals surface area contributed by atoms with Crippen molar-refractivity contribution in [1.29, 1.82) is 0 Å². The number of aryl methyl sites for hydroxylation is 1. The van der Waals surface area contributed by atoms with Crippen LogP contribution in [-0.4, -0.2) is 25.2 Å². The first-order chi connectivity index (χ1) is 23.9. The van der Waals surface area contributed by atoms with E-state index in [4.69, 9.17) is 4.84 Å². The number of fused-ring (bicyclic) bond motifs is 3. The number of nitrogens with one attached hydrogen (secondary N) is 1. The van der Waals surface area contributed by atoms with Crippen molar-refractivity contribution in [3.63, 3.8) is 0 Å². The van der Waals surface area contributed by atoms with Crippen molar-refractivity contribution in [3.05, 3.63) is 179 Å². The van der Waals surface area contributed by atoms with Crippen LogP contribution in [0.15, 0.2) is 161 Å². The normalized spacial score (nSPS) is 21.0. The van der Waals surface area contributed by atoms with Crippen molar-refractivity contribution in [1.82, 2.24) is 5.06 Å². The van der Waals surface area contributed by atoms with Gasteiger partial charge in [-0.15, -0.1) is 4.40 Å². The van der Waals surface area contributed by atoms with Crippen LogP contribution in [0.1, 0.15) is 39.8 Å². The quantitative estimate of drug-likeness (QED) is 0.187. The maximum Gasteiger partial charge on any atom is 0.283 e. The molecule has 0 radical (unpaired) electrons. The maximum atomic E-state index is 15.2. The third kappa shape index (κ3) is 5.21. The third-order valence-electron chi connectivity index (χ3n) is 9.57. The molecular formula is C41H33N3O4S. The summed E-state index contributed by atoms with van der Waals surface area (Å²) >= 11 is 0. The Bertz CT molecular complexity index is 2330. The standard InChI is InChI=1S/C41H33N3O4S/c1-28-20-24-34(25-21-28)49(46,47)43-40-41(35-18-10-11-19-36(35)42-40)37(33-23-22-30-14-8-9-17-32(30)26-33)39(45)44(38(41)31-15-6-3-7-16-31)48-27-29-12-4-2-5-13-29/h2-26,37-38H,27H2,1H3,(H,42,43). The Balaban J connectivity index is 1.42. The van der Waals surface area contributed by atoms with Gasteiger partial charge in [0.25, 0.3) is 15.9 Å². The van der Waals surface area contributed by atoms with E-state index < -0.39 is 27.4 Å². The summed E-state index contributed by atoms with van der Waals surface area (Å²) in [5, 5.41) is 6.85. The lowest BCUT2D eigenvalue weighted by molar-refractivity contribution is -0.198. The summed E-state index contributed by atoms with van der Waals surface area (Å²) in [7, 11) is -4.22. The minimum atomic E-state index is -4.22. The Morgan fingerprint density at radius 2 is 1.39 bits per heavy atom. The Morgan fingerprint density at radius 1 is 0.735 bits per heavy atom. The maximum absolute atomic E-state index is 15.2. The molecule has 0 aliphatic carbocycles. The van der Waals surface area contributed by atoms with Gasteiger partial charge in [-0.05, 0) is 58.1 Å². The summed E-state index contributed by atoms with van der Waals surface area (Å²) in [5.74, 6) is -1.03. The summed E-state index contributed by atoms with van der Waals surface area (Å²) in [6.07, 6.45) is 0. The number of hydroxylamine groups is 2. The van der Waals surface area contributed by atoms with E-state index in [-0.39, 0.29) is 23.2 Å². The molecule has 2 aliphatic rings. The lowest BCUT2D eigenvalue weighted by Gasteiger charge is -2.37. The number of amides is 1. The molecule has 49 heavy (non-hydrogen) atoms. The van der Waals surface area contributed by atoms with Gasteiger partial charge in [0.2, 0.25) is 0 Å². The number of carbonyl (C=O) groups is 1. The highest BCUT2D eigenvalue weighted by molar-refractivity contribution is 7.90. The molecule has 8 rings (SSSR count). The molecule has 6 aromatic carbocycles. The molecule has 2 aliphatic heterocycles. The molecule has 7 nitrogen and oxygen atoms in total. The fraction of sp³-hybridized carbons (Fsp3) is 0.122. The number of para-hydroxylation sites is 1. The smallest absolute Gasteiger partial charge is 0.283 e. The van der Waals surface area contributed by atoms with Crippen LogP contribution in [0.2, 0.25) is 0 Å². The van der Waals surface area contributed by atoms with Gasteiger partial charge in [-0.1, -0.05) is 139 Å². The second kappa shape index (κ2) is 12.1. The van der Waals surface area contributed by atoms with Gasteiger partial charge in [-0.2, -0.15) is 8.42 Å². The van der Waals surface area contributed by atoms with Crippen LogP contribution in [-0.2, 0) is 31.7 Å². The van der Waals surface area contributed by atoms with Gasteiger partial charge in [0.05, 0.1) is 16.2 Å². The predicted octanol–water partition coefficient (Wildman–Crippen LogP) is 8.10. The monoisotopic (exact) mass is 663 g/mol. The SMILES string of the molecule is Cc1ccc(S(=O)(=O)/N=C2\Nc3ccccc3C23C(c2ccc4ccccc4c2)C(=O)N(OCc2ccccc2)C3c2ccccc2)cc1. The molecule has 1 N–H and O–H groups in total. The summed E-state index contributed by atoms with van der Waals surface area (Å²) in [5.41, 5.74) is 3.46. The van der Waals surface area contributed by atoms with Crippen LogP contribution in [0, 0.1) is 6.92 Å². The average Bonchev–Trinajstić information content (AvgIpc) is 3.58. The Morgan fingerprint density at radius 3 is 2.14 bits per heavy atom. The number of carbonyl (C=O) groups excluding carboxylic acids is 1. The number of anilines is 1. The molecule has 1 amide bonds. The summed E-state index contributed by atoms with van der Waals surface area (Å²) < 4.78 is 32.9. The molecule has 1 spiro atoms. The first kappa shape index (κ1) is 30.7. The van der Waals surface area contributed by atoms with E-state index in [2.05, 4.69) is 9.71 Å². The molecule has 242 valence electrons. The lowest BCUT2D eigenvalue weighted by Crippen LogP contribution is -2.44. The van der Waals surface area contributed by atoms with E-state index in [1.165, 1.54) is 5.06 Å². The van der Waals surface area contributed by atoms with E-state index in [1.807, 2.05) is 134 Å². The van der Waals surface area contributed by atoms with E-state index >= 15 is 4.79 Å². The molecular weight excluding hydrogens is 631 g/mol. The van der Waals surface area contributed by atoms with Crippen molar-refractivity contribution in [2.75, 3.05) is 5.32 Å². The van der Waals surface area contributed by atoms with Gasteiger partial charge < -0.3 is 5.32 Å². The molecule has 3 unspecified atom stereocenters. The molecule has 6 aromatic rings. The number of nitrogens with zero attached hydrogens (tertiary/aromatic N) is 2. The average molecular weight is 664 g/mol. The molecule has 0 bridgehead atoms. The van der Waals surface area contributed by atoms with Crippen LogP contribution in [0.5, 0.6) is 0 Å². The van der Waals surface area contributed by atoms with E-state index in [0.29, 0.717) is 5.69 Å². The molecule has 1 saturated heterocycles. The number of sulfonamides is 1. The molecule has 2 heterocycles. The van der Waals surface area contributed by atoms with Gasteiger partial charge >= 0.3 is 0 Å². The minimum Gasteiger partial charge on any atom is -0.342 e. The Labute approximate surface area is 285 Å². The van der Waals surface area contributed by atoms with Crippen molar-refractivity contribution >= 4 is 38.2 Å². The summed E-state index contributed by atoms with van der Waals surface area (Å²) in [6.45, 7) is 2.04. The van der Waals surface area contributed by atoms with Crippen LogP contribution < -0.4 is 5.32 Å². The topological polar surface area (TPSA) is 88.1 Å². The Hall–Kier alpha value is -5.57. The number of hydrogen-bond donors (Lipinski definition) is 1. The molecule has 1 fully saturated rings. The van der Waals surface area contributed by atoms with Crippen molar-refractivity contribution < 1.29 is 18.0 Å². The highest BCUT2D eigenvalue weighted by Crippen LogP contribution is 2.62. The molecule has 0 saturated carbocycles. The highest BCUT2D eigenvalue weighted by atomic mass is 32.2. The zero-order valence-electron chi connectivity index (χ0n) is 26.7. The second-order valence-electron chi connectivity index (χ2n) is 12.5. The van der Waals surface area contributed by atoms with Crippen LogP contribution in [0.3, 0.4) is 0 Å². The molecule has 8 heteroatoms. The third-order valence-corrected chi connectivity index (χ3v) is 10.9. The van der Waals surface area contributed by atoms with E-state index in [0.717, 1.165) is 38.6 Å². The largest absolute Gasteiger partial charge is 0.342 e. The van der Waals surface area contributed by atoms with Gasteiger partial charge in [0.15, 0.2) is 0 Å². The number of benzene rings is 6.